The molecule has 0 saturated carbocycles. The van der Waals surface area contributed by atoms with Gasteiger partial charge in [-0.25, -0.2) is 9.80 Å². The average molecular weight is 387 g/mol. The number of hydrazone groups is 1. The number of aromatic nitrogens is 2. The fraction of sp³-hybridized carbons (Fsp3) is 0.294. The van der Waals surface area contributed by atoms with Crippen LogP contribution in [0, 0.1) is 10.1 Å². The highest BCUT2D eigenvalue weighted by atomic mass is 16.6. The number of carbonyl (C=O) groups is 1. The molecule has 0 saturated heterocycles. The second kappa shape index (κ2) is 6.76. The molecule has 0 unspecified atom stereocenters. The highest BCUT2D eigenvalue weighted by Crippen LogP contribution is 2.34. The van der Waals surface area contributed by atoms with E-state index in [4.69, 9.17) is 0 Å². The number of benzene rings is 1. The molecule has 0 radical (unpaired) electrons. The molecule has 0 fully saturated rings. The van der Waals surface area contributed by atoms with Crippen LogP contribution < -0.4 is 11.2 Å². The molecule has 146 valence electrons. The van der Waals surface area contributed by atoms with Crippen LogP contribution in [0.4, 0.5) is 5.69 Å². The second-order valence-electron chi connectivity index (χ2n) is 6.39. The quantitative estimate of drug-likeness (QED) is 0.597. The molecule has 3 rings (SSSR count). The fourth-order valence-electron chi connectivity index (χ4n) is 3.14. The van der Waals surface area contributed by atoms with Crippen LogP contribution in [-0.4, -0.2) is 35.8 Å². The zero-order chi connectivity index (χ0) is 20.7. The second-order valence-corrected chi connectivity index (χ2v) is 6.39. The van der Waals surface area contributed by atoms with E-state index in [2.05, 4.69) is 5.10 Å². The van der Waals surface area contributed by atoms with Gasteiger partial charge in [0, 0.05) is 39.6 Å². The minimum absolute atomic E-state index is 0.0434. The van der Waals surface area contributed by atoms with Crippen LogP contribution in [0.5, 0.6) is 5.88 Å². The summed E-state index contributed by atoms with van der Waals surface area (Å²) in [5.41, 5.74) is -1.21. The van der Waals surface area contributed by atoms with E-state index in [9.17, 15) is 29.6 Å². The minimum atomic E-state index is -0.748. The minimum Gasteiger partial charge on any atom is -0.494 e. The molecule has 0 bridgehead atoms. The summed E-state index contributed by atoms with van der Waals surface area (Å²) in [6.45, 7) is 1.27. The number of nitrogens with zero attached hydrogens (tertiary/aromatic N) is 5. The van der Waals surface area contributed by atoms with Gasteiger partial charge < -0.3 is 5.11 Å². The molecular weight excluding hydrogens is 370 g/mol. The predicted molar refractivity (Wildman–Crippen MR) is 98.1 cm³/mol. The molecule has 2 aromatic rings. The lowest BCUT2D eigenvalue weighted by Crippen LogP contribution is -2.39. The monoisotopic (exact) mass is 387 g/mol. The Bertz CT molecular complexity index is 1150. The van der Waals surface area contributed by atoms with Gasteiger partial charge in [0.15, 0.2) is 0 Å². The molecule has 1 amide bonds. The third-order valence-corrected chi connectivity index (χ3v) is 4.62. The summed E-state index contributed by atoms with van der Waals surface area (Å²) >= 11 is 0. The summed E-state index contributed by atoms with van der Waals surface area (Å²) in [6, 6.07) is 5.08. The number of aromatic hydroxyl groups is 1. The number of rotatable bonds is 3. The molecule has 1 aromatic heterocycles. The zero-order valence-corrected chi connectivity index (χ0v) is 15.3. The first kappa shape index (κ1) is 19.0. The number of nitro benzene ring substituents is 1. The summed E-state index contributed by atoms with van der Waals surface area (Å²) in [5, 5.41) is 26.6. The molecule has 11 nitrogen and oxygen atoms in total. The summed E-state index contributed by atoms with van der Waals surface area (Å²) in [6.07, 6.45) is 0.0434. The Labute approximate surface area is 157 Å². The van der Waals surface area contributed by atoms with Crippen LogP contribution in [-0.2, 0) is 18.9 Å². The SMILES string of the molecule is CC(=O)N1N=C(c2c(O)n(C)c(=O)n(C)c2=O)C[C@@H]1c1cccc([N+](=O)[O-])c1. The van der Waals surface area contributed by atoms with Crippen molar-refractivity contribution in [2.24, 2.45) is 19.2 Å². The summed E-state index contributed by atoms with van der Waals surface area (Å²) < 4.78 is 1.73. The largest absolute Gasteiger partial charge is 0.494 e. The Morgan fingerprint density at radius 2 is 1.96 bits per heavy atom. The highest BCUT2D eigenvalue weighted by molar-refractivity contribution is 6.04. The number of nitro groups is 1. The lowest BCUT2D eigenvalue weighted by molar-refractivity contribution is -0.384. The van der Waals surface area contributed by atoms with Gasteiger partial charge in [-0.15, -0.1) is 0 Å². The lowest BCUT2D eigenvalue weighted by Gasteiger charge is -2.20. The molecule has 2 heterocycles. The number of amides is 1. The number of hydrogen-bond acceptors (Lipinski definition) is 7. The molecule has 1 aromatic carbocycles. The molecule has 0 spiro atoms. The van der Waals surface area contributed by atoms with Gasteiger partial charge in [0.25, 0.3) is 11.2 Å². The lowest BCUT2D eigenvalue weighted by atomic mass is 9.98. The van der Waals surface area contributed by atoms with Gasteiger partial charge in [-0.2, -0.15) is 5.10 Å². The van der Waals surface area contributed by atoms with Crippen molar-refractivity contribution in [3.63, 3.8) is 0 Å². The van der Waals surface area contributed by atoms with Crippen LogP contribution in [0.2, 0.25) is 0 Å². The zero-order valence-electron chi connectivity index (χ0n) is 15.3. The molecule has 28 heavy (non-hydrogen) atoms. The smallest absolute Gasteiger partial charge is 0.333 e. The van der Waals surface area contributed by atoms with E-state index in [0.29, 0.717) is 5.56 Å². The Kier molecular flexibility index (Phi) is 4.59. The average Bonchev–Trinajstić information content (AvgIpc) is 3.10. The van der Waals surface area contributed by atoms with Crippen molar-refractivity contribution in [3.8, 4) is 5.88 Å². The first-order valence-corrected chi connectivity index (χ1v) is 8.24. The van der Waals surface area contributed by atoms with Crippen molar-refractivity contribution in [2.75, 3.05) is 0 Å². The maximum absolute atomic E-state index is 12.5. The Hall–Kier alpha value is -3.76. The van der Waals surface area contributed by atoms with Gasteiger partial charge in [0.1, 0.15) is 5.56 Å². The van der Waals surface area contributed by atoms with E-state index in [0.717, 1.165) is 14.1 Å². The maximum atomic E-state index is 12.5. The van der Waals surface area contributed by atoms with E-state index in [1.165, 1.54) is 39.2 Å². The van der Waals surface area contributed by atoms with E-state index >= 15 is 0 Å². The van der Waals surface area contributed by atoms with Gasteiger partial charge in [0.2, 0.25) is 11.8 Å². The van der Waals surface area contributed by atoms with Gasteiger partial charge in [0.05, 0.1) is 16.7 Å². The summed E-state index contributed by atoms with van der Waals surface area (Å²) in [7, 11) is 2.57. The summed E-state index contributed by atoms with van der Waals surface area (Å²) in [5.74, 6) is -0.998. The molecule has 1 aliphatic heterocycles. The van der Waals surface area contributed by atoms with Crippen LogP contribution in [0.3, 0.4) is 0 Å². The Morgan fingerprint density at radius 3 is 2.57 bits per heavy atom. The standard InChI is InChI=1S/C17H17N5O6/c1-9(23)21-13(10-5-4-6-11(7-10)22(27)28)8-12(18-21)14-15(24)19(2)17(26)20(3)16(14)25/h4-7,13,24H,8H2,1-3H3/t13-/m1/s1. The van der Waals surface area contributed by atoms with Crippen molar-refractivity contribution in [1.82, 2.24) is 14.1 Å². The number of carbonyl (C=O) groups excluding carboxylic acids is 1. The molecule has 1 aliphatic rings. The van der Waals surface area contributed by atoms with Gasteiger partial charge in [-0.3, -0.25) is 28.8 Å². The number of hydrogen-bond donors (Lipinski definition) is 1. The van der Waals surface area contributed by atoms with E-state index in [-0.39, 0.29) is 23.4 Å². The third kappa shape index (κ3) is 2.96. The predicted octanol–water partition coefficient (Wildman–Crippen LogP) is 0.395. The Morgan fingerprint density at radius 1 is 1.29 bits per heavy atom. The maximum Gasteiger partial charge on any atom is 0.333 e. The summed E-state index contributed by atoms with van der Waals surface area (Å²) in [4.78, 5) is 47.0. The normalized spacial score (nSPS) is 16.2. The van der Waals surface area contributed by atoms with Crippen molar-refractivity contribution < 1.29 is 14.8 Å². The van der Waals surface area contributed by atoms with Crippen LogP contribution in [0.15, 0.2) is 39.0 Å². The van der Waals surface area contributed by atoms with Crippen molar-refractivity contribution >= 4 is 17.3 Å². The molecule has 11 heteroatoms. The molecule has 1 atom stereocenters. The number of non-ortho nitro benzene ring substituents is 1. The van der Waals surface area contributed by atoms with Crippen molar-refractivity contribution in [3.05, 3.63) is 66.3 Å². The third-order valence-electron chi connectivity index (χ3n) is 4.62. The Balaban J connectivity index is 2.13. The van der Waals surface area contributed by atoms with Crippen LogP contribution >= 0.6 is 0 Å². The molecule has 1 N–H and O–H groups in total. The van der Waals surface area contributed by atoms with Crippen molar-refractivity contribution in [1.29, 1.82) is 0 Å². The van der Waals surface area contributed by atoms with Gasteiger partial charge in [-0.05, 0) is 5.56 Å². The van der Waals surface area contributed by atoms with Gasteiger partial charge in [-0.1, -0.05) is 12.1 Å². The van der Waals surface area contributed by atoms with Crippen LogP contribution in [0.1, 0.15) is 30.5 Å². The van der Waals surface area contributed by atoms with Crippen molar-refractivity contribution in [2.45, 2.75) is 19.4 Å². The van der Waals surface area contributed by atoms with E-state index in [1.807, 2.05) is 0 Å². The van der Waals surface area contributed by atoms with Crippen LogP contribution in [0.25, 0.3) is 0 Å². The first-order valence-electron chi connectivity index (χ1n) is 8.24. The molecule has 0 aliphatic carbocycles. The van der Waals surface area contributed by atoms with Gasteiger partial charge >= 0.3 is 5.69 Å². The fourth-order valence-corrected chi connectivity index (χ4v) is 3.14. The topological polar surface area (TPSA) is 140 Å². The van der Waals surface area contributed by atoms with E-state index in [1.54, 1.807) is 6.07 Å². The molecular formula is C17H17N5O6. The highest BCUT2D eigenvalue weighted by Gasteiger charge is 2.35. The first-order chi connectivity index (χ1) is 13.1. The van der Waals surface area contributed by atoms with E-state index < -0.39 is 34.0 Å².